The summed E-state index contributed by atoms with van der Waals surface area (Å²) in [6.45, 7) is 27.4. The number of halogens is 1. The second kappa shape index (κ2) is 25.5. The summed E-state index contributed by atoms with van der Waals surface area (Å²) in [6, 6.07) is 16.5. The van der Waals surface area contributed by atoms with Crippen molar-refractivity contribution in [1.82, 2.24) is 34.3 Å². The number of aromatic amines is 2. The number of carbonyl (C=O) groups is 2. The molecule has 5 heterocycles. The first kappa shape index (κ1) is 56.2. The van der Waals surface area contributed by atoms with Gasteiger partial charge in [0.05, 0.1) is 67.4 Å². The van der Waals surface area contributed by atoms with Gasteiger partial charge in [0.15, 0.2) is 5.82 Å². The molecule has 2 aliphatic heterocycles. The highest BCUT2D eigenvalue weighted by molar-refractivity contribution is 5.93. The van der Waals surface area contributed by atoms with Gasteiger partial charge < -0.3 is 38.6 Å². The van der Waals surface area contributed by atoms with Crippen molar-refractivity contribution in [2.75, 3.05) is 34.4 Å². The van der Waals surface area contributed by atoms with E-state index >= 15 is 4.39 Å². The maximum atomic E-state index is 17.1. The monoisotopic (exact) mass is 968 g/mol. The summed E-state index contributed by atoms with van der Waals surface area (Å²) in [5.41, 5.74) is 4.68. The molecule has 2 aliphatic rings. The van der Waals surface area contributed by atoms with Crippen LogP contribution in [0.2, 0.25) is 0 Å². The molecule has 0 saturated carbocycles. The van der Waals surface area contributed by atoms with Gasteiger partial charge in [-0.25, -0.2) is 19.2 Å². The van der Waals surface area contributed by atoms with Gasteiger partial charge >= 0.3 is 6.09 Å². The fourth-order valence-corrected chi connectivity index (χ4v) is 7.76. The van der Waals surface area contributed by atoms with Crippen LogP contribution in [0.3, 0.4) is 0 Å². The number of benzene rings is 3. The zero-order valence-corrected chi connectivity index (χ0v) is 44.5. The van der Waals surface area contributed by atoms with Gasteiger partial charge in [0.25, 0.3) is 0 Å². The minimum atomic E-state index is -0.797. The average Bonchev–Trinajstić information content (AvgIpc) is 4.19. The molecular weight excluding hydrogens is 890 g/mol. The van der Waals surface area contributed by atoms with Crippen molar-refractivity contribution in [3.05, 3.63) is 90.0 Å². The molecule has 2 atom stereocenters. The van der Waals surface area contributed by atoms with Crippen molar-refractivity contribution in [2.24, 2.45) is 0 Å². The van der Waals surface area contributed by atoms with Gasteiger partial charge in [0.2, 0.25) is 12.6 Å². The molecule has 3 aromatic heterocycles. The van der Waals surface area contributed by atoms with E-state index in [1.165, 1.54) is 6.42 Å². The van der Waals surface area contributed by atoms with Crippen LogP contribution in [-0.4, -0.2) is 92.4 Å². The molecule has 15 heteroatoms. The van der Waals surface area contributed by atoms with Crippen LogP contribution < -0.4 is 14.2 Å². The molecule has 0 spiro atoms. The number of hydrogen-bond acceptors (Lipinski definition) is 9. The van der Waals surface area contributed by atoms with E-state index in [2.05, 4.69) is 28.8 Å². The van der Waals surface area contributed by atoms with Gasteiger partial charge in [0.1, 0.15) is 34.5 Å². The lowest BCUT2D eigenvalue weighted by atomic mass is 10.0. The van der Waals surface area contributed by atoms with E-state index in [1.807, 2.05) is 129 Å². The van der Waals surface area contributed by atoms with Gasteiger partial charge in [-0.2, -0.15) is 0 Å². The fraction of sp³-hybridized carbons (Fsp3) is 0.491. The van der Waals surface area contributed by atoms with Crippen LogP contribution in [-0.2, 0) is 20.8 Å². The van der Waals surface area contributed by atoms with Gasteiger partial charge in [-0.3, -0.25) is 14.3 Å². The molecule has 6 aromatic rings. The fourth-order valence-electron chi connectivity index (χ4n) is 7.76. The van der Waals surface area contributed by atoms with Crippen LogP contribution in [0.4, 0.5) is 9.18 Å². The number of imidazole rings is 2. The number of methoxy groups -OCH3 is 3. The van der Waals surface area contributed by atoms with Crippen molar-refractivity contribution in [3.8, 4) is 51.0 Å². The highest BCUT2D eigenvalue weighted by atomic mass is 19.1. The number of ether oxygens (including phenoxy) is 5. The van der Waals surface area contributed by atoms with Crippen LogP contribution in [0.1, 0.15) is 145 Å². The predicted molar refractivity (Wildman–Crippen MR) is 278 cm³/mol. The van der Waals surface area contributed by atoms with E-state index in [1.54, 1.807) is 49.6 Å². The molecule has 8 rings (SSSR count). The Hall–Kier alpha value is -6.35. The number of fused-ring (bicyclic) bond motifs is 5. The number of nitrogens with one attached hydrogen (secondary N) is 2. The minimum absolute atomic E-state index is 0.0417. The molecule has 3 aromatic carbocycles. The molecule has 0 bridgehead atoms. The molecule has 14 nitrogen and oxygen atoms in total. The SMILES string of the molecule is CC.CC.CCC.CCCN(C=O)Cc1ncc(-c2ccc3c(c2)c(F)c2n3C(c3cc(OC)cc(OC)c3)Oc3cc(-c4cnc(C5CCCN5C(=O)OC(C)(C)C)[nH]4)ccc3-2)[nH]1.COC(C)(C)C. The van der Waals surface area contributed by atoms with Crippen LogP contribution in [0.5, 0.6) is 17.2 Å². The quantitative estimate of drug-likeness (QED) is 0.121. The first-order valence-electron chi connectivity index (χ1n) is 24.7. The highest BCUT2D eigenvalue weighted by Crippen LogP contribution is 2.48. The molecule has 1 fully saturated rings. The zero-order valence-electron chi connectivity index (χ0n) is 44.5. The standard InChI is InChI=1S/C43H46FN7O6.C5H12O.C3H8.2C2H6/c1-7-14-49(24-52)23-37-45-21-32(47-37)25-11-13-34-31(18-25)38(44)39-30-12-10-26(19-36(30)56-41(51(34)39)27-16-28(54-5)20-29(17-27)55-6)33-22-46-40(48-33)35-9-8-15-50(35)42(53)57-43(2,3)4;1-5(2,3)6-4;1-3-2;2*1-2/h10-13,16-22,24,35,41H,7-9,14-15,23H2,1-6H3,(H,45,47)(H,46,48);1-4H3;3H2,1-2H3;2*1-2H3. The van der Waals surface area contributed by atoms with E-state index in [4.69, 9.17) is 28.7 Å². The third-order valence-electron chi connectivity index (χ3n) is 11.0. The Labute approximate surface area is 415 Å². The van der Waals surface area contributed by atoms with Crippen LogP contribution in [0, 0.1) is 5.82 Å². The van der Waals surface area contributed by atoms with Gasteiger partial charge in [0, 0.05) is 53.9 Å². The van der Waals surface area contributed by atoms with Crippen molar-refractivity contribution in [2.45, 2.75) is 146 Å². The second-order valence-corrected chi connectivity index (χ2v) is 18.4. The number of carbonyl (C=O) groups excluding carboxylic acids is 2. The predicted octanol–water partition coefficient (Wildman–Crippen LogP) is 13.5. The van der Waals surface area contributed by atoms with Gasteiger partial charge in [-0.1, -0.05) is 67.0 Å². The largest absolute Gasteiger partial charge is 0.497 e. The Morgan fingerprint density at radius 2 is 1.46 bits per heavy atom. The Morgan fingerprint density at radius 3 is 2.04 bits per heavy atom. The first-order valence-corrected chi connectivity index (χ1v) is 24.7. The average molecular weight is 968 g/mol. The number of rotatable bonds is 11. The van der Waals surface area contributed by atoms with E-state index in [-0.39, 0.29) is 17.7 Å². The normalized spacial score (nSPS) is 14.7. The van der Waals surface area contributed by atoms with Crippen molar-refractivity contribution in [1.29, 1.82) is 0 Å². The molecule has 2 amide bonds. The van der Waals surface area contributed by atoms with Crippen LogP contribution in [0.25, 0.3) is 44.7 Å². The molecular formula is C55H78FN7O7. The minimum Gasteiger partial charge on any atom is -0.497 e. The topological polar surface area (TPSA) is 149 Å². The summed E-state index contributed by atoms with van der Waals surface area (Å²) in [7, 11) is 4.87. The maximum Gasteiger partial charge on any atom is 0.410 e. The van der Waals surface area contributed by atoms with Crippen molar-refractivity contribution < 1.29 is 37.7 Å². The summed E-state index contributed by atoms with van der Waals surface area (Å²) in [5.74, 6) is 2.51. The van der Waals surface area contributed by atoms with E-state index < -0.39 is 17.6 Å². The number of amides is 2. The Balaban J connectivity index is 0.000000739. The Morgan fingerprint density at radius 1 is 0.857 bits per heavy atom. The molecule has 1 saturated heterocycles. The van der Waals surface area contributed by atoms with Gasteiger partial charge in [-0.15, -0.1) is 0 Å². The van der Waals surface area contributed by atoms with E-state index in [0.29, 0.717) is 81.9 Å². The summed E-state index contributed by atoms with van der Waals surface area (Å²) >= 11 is 0. The van der Waals surface area contributed by atoms with E-state index in [9.17, 15) is 9.59 Å². The first-order chi connectivity index (χ1) is 33.5. The zero-order chi connectivity index (χ0) is 51.9. The number of H-pyrrole nitrogens is 2. The third-order valence-corrected chi connectivity index (χ3v) is 11.0. The summed E-state index contributed by atoms with van der Waals surface area (Å²) < 4.78 is 47.7. The van der Waals surface area contributed by atoms with Crippen molar-refractivity contribution in [3.63, 3.8) is 0 Å². The lowest BCUT2D eigenvalue weighted by Gasteiger charge is -2.31. The number of aromatic nitrogens is 5. The summed E-state index contributed by atoms with van der Waals surface area (Å²) in [5, 5.41) is 0.406. The lowest BCUT2D eigenvalue weighted by Crippen LogP contribution is -2.36. The molecule has 2 unspecified atom stereocenters. The molecule has 0 radical (unpaired) electrons. The molecule has 0 aliphatic carbocycles. The number of hydrogen-bond donors (Lipinski definition) is 2. The Kier molecular flexibility index (Phi) is 20.5. The van der Waals surface area contributed by atoms with Crippen LogP contribution >= 0.6 is 0 Å². The van der Waals surface area contributed by atoms with Gasteiger partial charge in [-0.05, 0) is 97.2 Å². The second-order valence-electron chi connectivity index (χ2n) is 18.4. The smallest absolute Gasteiger partial charge is 0.410 e. The number of likely N-dealkylation sites (tertiary alicyclic amines) is 1. The Bertz CT molecular complexity index is 2580. The number of nitrogens with zero attached hydrogens (tertiary/aromatic N) is 5. The summed E-state index contributed by atoms with van der Waals surface area (Å²) in [4.78, 5) is 43.9. The highest BCUT2D eigenvalue weighted by Gasteiger charge is 2.36. The molecule has 70 heavy (non-hydrogen) atoms. The molecule has 382 valence electrons. The van der Waals surface area contributed by atoms with Crippen molar-refractivity contribution >= 4 is 23.4 Å². The molecule has 2 N–H and O–H groups in total. The van der Waals surface area contributed by atoms with Crippen LogP contribution in [0.15, 0.2) is 67.0 Å². The lowest BCUT2D eigenvalue weighted by molar-refractivity contribution is -0.118. The summed E-state index contributed by atoms with van der Waals surface area (Å²) in [6.07, 6.45) is 6.79. The third kappa shape index (κ3) is 13.7. The maximum absolute atomic E-state index is 17.1. The van der Waals surface area contributed by atoms with E-state index in [0.717, 1.165) is 42.5 Å².